The highest BCUT2D eigenvalue weighted by Gasteiger charge is 2.13. The molecule has 1 aromatic carbocycles. The van der Waals surface area contributed by atoms with Crippen molar-refractivity contribution in [2.24, 2.45) is 10.7 Å². The lowest BCUT2D eigenvalue weighted by Gasteiger charge is -2.09. The first kappa shape index (κ1) is 17.4. The molecule has 2 aromatic heterocycles. The minimum atomic E-state index is -0.462. The Morgan fingerprint density at radius 2 is 1.85 bits per heavy atom. The quantitative estimate of drug-likeness (QED) is 0.554. The lowest BCUT2D eigenvalue weighted by molar-refractivity contribution is 0.606. The van der Waals surface area contributed by atoms with Crippen molar-refractivity contribution in [1.29, 1.82) is 0 Å². The van der Waals surface area contributed by atoms with E-state index in [1.165, 1.54) is 30.5 Å². The van der Waals surface area contributed by atoms with Crippen LogP contribution in [0.25, 0.3) is 11.3 Å². The Morgan fingerprint density at radius 1 is 1.12 bits per heavy atom. The normalized spacial score (nSPS) is 11.6. The van der Waals surface area contributed by atoms with Crippen molar-refractivity contribution in [3.63, 3.8) is 0 Å². The van der Waals surface area contributed by atoms with Crippen LogP contribution in [-0.2, 0) is 6.42 Å². The Bertz CT molecular complexity index is 970. The first-order chi connectivity index (χ1) is 12.4. The topological polar surface area (TPSA) is 103 Å². The number of pyridine rings is 1. The first-order valence-electron chi connectivity index (χ1n) is 7.76. The van der Waals surface area contributed by atoms with E-state index in [2.05, 4.69) is 19.9 Å². The summed E-state index contributed by atoms with van der Waals surface area (Å²) in [6, 6.07) is 8.63. The maximum absolute atomic E-state index is 13.7. The summed E-state index contributed by atoms with van der Waals surface area (Å²) in [5, 5.41) is 0. The third-order valence-corrected chi connectivity index (χ3v) is 3.69. The van der Waals surface area contributed by atoms with Gasteiger partial charge in [-0.2, -0.15) is 4.98 Å². The smallest absolute Gasteiger partial charge is 0.222 e. The first-order valence-corrected chi connectivity index (χ1v) is 7.76. The van der Waals surface area contributed by atoms with Crippen LogP contribution in [-0.4, -0.2) is 20.8 Å². The summed E-state index contributed by atoms with van der Waals surface area (Å²) < 4.78 is 26.8. The van der Waals surface area contributed by atoms with Crippen LogP contribution in [0.3, 0.4) is 0 Å². The van der Waals surface area contributed by atoms with Crippen molar-refractivity contribution in [3.05, 3.63) is 65.5 Å². The molecule has 0 aliphatic carbocycles. The minimum absolute atomic E-state index is 0.00508. The molecule has 0 saturated carbocycles. The summed E-state index contributed by atoms with van der Waals surface area (Å²) in [6.45, 7) is 1.76. The van der Waals surface area contributed by atoms with Crippen LogP contribution in [0.15, 0.2) is 47.6 Å². The minimum Gasteiger partial charge on any atom is -0.387 e. The SMILES string of the molecule is Cc1c(N=C(N)Cc2ncccc2F)nc(N)nc1-c1ccc(F)cc1. The molecule has 132 valence electrons. The third-order valence-electron chi connectivity index (χ3n) is 3.69. The van der Waals surface area contributed by atoms with Gasteiger partial charge in [0.15, 0.2) is 5.82 Å². The Kier molecular flexibility index (Phi) is 4.83. The van der Waals surface area contributed by atoms with Gasteiger partial charge in [-0.3, -0.25) is 4.98 Å². The van der Waals surface area contributed by atoms with Crippen LogP contribution < -0.4 is 11.5 Å². The van der Waals surface area contributed by atoms with Crippen molar-refractivity contribution in [1.82, 2.24) is 15.0 Å². The number of aliphatic imine (C=N–C) groups is 1. The van der Waals surface area contributed by atoms with Crippen LogP contribution in [0.5, 0.6) is 0 Å². The molecule has 6 nitrogen and oxygen atoms in total. The molecular formula is C18H16F2N6. The van der Waals surface area contributed by atoms with Crippen molar-refractivity contribution < 1.29 is 8.78 Å². The number of nitrogen functional groups attached to an aromatic ring is 1. The molecule has 8 heteroatoms. The second-order valence-corrected chi connectivity index (χ2v) is 5.60. The van der Waals surface area contributed by atoms with Gasteiger partial charge >= 0.3 is 0 Å². The van der Waals surface area contributed by atoms with Crippen LogP contribution >= 0.6 is 0 Å². The van der Waals surface area contributed by atoms with E-state index in [1.807, 2.05) is 0 Å². The molecule has 4 N–H and O–H groups in total. The van der Waals surface area contributed by atoms with Crippen LogP contribution in [0.2, 0.25) is 0 Å². The zero-order valence-corrected chi connectivity index (χ0v) is 13.9. The number of hydrogen-bond acceptors (Lipinski definition) is 5. The van der Waals surface area contributed by atoms with E-state index in [0.717, 1.165) is 0 Å². The molecule has 3 aromatic rings. The summed E-state index contributed by atoms with van der Waals surface area (Å²) in [7, 11) is 0. The molecule has 0 aliphatic heterocycles. The highest BCUT2D eigenvalue weighted by atomic mass is 19.1. The molecule has 0 radical (unpaired) electrons. The fraction of sp³-hybridized carbons (Fsp3) is 0.111. The third kappa shape index (κ3) is 3.80. The fourth-order valence-electron chi connectivity index (χ4n) is 2.41. The van der Waals surface area contributed by atoms with Crippen molar-refractivity contribution in [3.8, 4) is 11.3 Å². The Hall–Kier alpha value is -3.42. The summed E-state index contributed by atoms with van der Waals surface area (Å²) in [5.74, 6) is -0.408. The van der Waals surface area contributed by atoms with E-state index < -0.39 is 5.82 Å². The zero-order chi connectivity index (χ0) is 18.7. The number of nitrogens with zero attached hydrogens (tertiary/aromatic N) is 4. The highest BCUT2D eigenvalue weighted by Crippen LogP contribution is 2.28. The second kappa shape index (κ2) is 7.22. The van der Waals surface area contributed by atoms with Gasteiger partial charge in [0.05, 0.1) is 17.8 Å². The molecule has 2 heterocycles. The van der Waals surface area contributed by atoms with Gasteiger partial charge in [-0.1, -0.05) is 0 Å². The van der Waals surface area contributed by atoms with Crippen LogP contribution in [0.4, 0.5) is 20.5 Å². The number of rotatable bonds is 4. The predicted octanol–water partition coefficient (Wildman–Crippen LogP) is 2.94. The zero-order valence-electron chi connectivity index (χ0n) is 13.9. The van der Waals surface area contributed by atoms with Gasteiger partial charge in [0.1, 0.15) is 17.5 Å². The van der Waals surface area contributed by atoms with Gasteiger partial charge in [0.25, 0.3) is 0 Å². The predicted molar refractivity (Wildman–Crippen MR) is 95.8 cm³/mol. The number of hydrogen-bond donors (Lipinski definition) is 2. The molecular weight excluding hydrogens is 338 g/mol. The lowest BCUT2D eigenvalue weighted by atomic mass is 10.1. The van der Waals surface area contributed by atoms with Crippen molar-refractivity contribution in [2.45, 2.75) is 13.3 Å². The summed E-state index contributed by atoms with van der Waals surface area (Å²) in [5.41, 5.74) is 13.7. The molecule has 0 saturated heterocycles. The molecule has 0 atom stereocenters. The number of anilines is 1. The summed E-state index contributed by atoms with van der Waals surface area (Å²) >= 11 is 0. The van der Waals surface area contributed by atoms with E-state index in [0.29, 0.717) is 16.8 Å². The van der Waals surface area contributed by atoms with Crippen molar-refractivity contribution in [2.75, 3.05) is 5.73 Å². The standard InChI is InChI=1S/C18H16F2N6/c1-10-16(11-4-6-12(19)7-5-11)25-18(22)26-17(10)24-15(21)9-14-13(20)3-2-8-23-14/h2-8H,9H2,1H3,(H4,21,22,24,25,26). The average molecular weight is 354 g/mol. The van der Waals surface area contributed by atoms with E-state index in [-0.39, 0.29) is 35.5 Å². The number of halogens is 2. The molecule has 0 unspecified atom stereocenters. The van der Waals surface area contributed by atoms with Gasteiger partial charge < -0.3 is 11.5 Å². The van der Waals surface area contributed by atoms with E-state index in [4.69, 9.17) is 11.5 Å². The number of nitrogens with two attached hydrogens (primary N) is 2. The van der Waals surface area contributed by atoms with Gasteiger partial charge in [-0.15, -0.1) is 0 Å². The largest absolute Gasteiger partial charge is 0.387 e. The maximum Gasteiger partial charge on any atom is 0.222 e. The Balaban J connectivity index is 1.97. The van der Waals surface area contributed by atoms with Gasteiger partial charge in [0, 0.05) is 17.3 Å². The number of amidine groups is 1. The van der Waals surface area contributed by atoms with Gasteiger partial charge in [-0.05, 0) is 43.3 Å². The molecule has 26 heavy (non-hydrogen) atoms. The highest BCUT2D eigenvalue weighted by molar-refractivity contribution is 5.85. The Labute approximate surface area is 148 Å². The van der Waals surface area contributed by atoms with Gasteiger partial charge in [0.2, 0.25) is 5.95 Å². The molecule has 0 bridgehead atoms. The molecule has 0 spiro atoms. The lowest BCUT2D eigenvalue weighted by Crippen LogP contribution is -2.16. The van der Waals surface area contributed by atoms with Crippen molar-refractivity contribution >= 4 is 17.6 Å². The van der Waals surface area contributed by atoms with E-state index in [1.54, 1.807) is 19.1 Å². The molecule has 3 rings (SSSR count). The van der Waals surface area contributed by atoms with E-state index >= 15 is 0 Å². The van der Waals surface area contributed by atoms with Gasteiger partial charge in [-0.25, -0.2) is 18.8 Å². The summed E-state index contributed by atoms with van der Waals surface area (Å²) in [6.07, 6.45) is 1.51. The summed E-state index contributed by atoms with van der Waals surface area (Å²) in [4.78, 5) is 16.5. The Morgan fingerprint density at radius 3 is 2.54 bits per heavy atom. The average Bonchev–Trinajstić information content (AvgIpc) is 2.60. The number of aromatic nitrogens is 3. The number of benzene rings is 1. The molecule has 0 amide bonds. The molecule has 0 aliphatic rings. The monoisotopic (exact) mass is 354 g/mol. The fourth-order valence-corrected chi connectivity index (χ4v) is 2.41. The second-order valence-electron chi connectivity index (χ2n) is 5.60. The van der Waals surface area contributed by atoms with Crippen LogP contribution in [0.1, 0.15) is 11.3 Å². The van der Waals surface area contributed by atoms with Crippen LogP contribution in [0, 0.1) is 18.6 Å². The molecule has 0 fully saturated rings. The van der Waals surface area contributed by atoms with E-state index in [9.17, 15) is 8.78 Å². The maximum atomic E-state index is 13.7.